The predicted molar refractivity (Wildman–Crippen MR) is 87.0 cm³/mol. The van der Waals surface area contributed by atoms with Gasteiger partial charge in [-0.1, -0.05) is 12.2 Å². The van der Waals surface area contributed by atoms with Crippen molar-refractivity contribution in [3.8, 4) is 0 Å². The van der Waals surface area contributed by atoms with Crippen LogP contribution in [0.5, 0.6) is 0 Å². The third-order valence-electron chi connectivity index (χ3n) is 4.41. The lowest BCUT2D eigenvalue weighted by Crippen LogP contribution is -2.62. The number of carbonyl (C=O) groups is 3. The maximum Gasteiger partial charge on any atom is 0.326 e. The van der Waals surface area contributed by atoms with Crippen molar-refractivity contribution in [1.82, 2.24) is 4.90 Å². The highest BCUT2D eigenvalue weighted by atomic mass is 16.6. The number of ether oxygens (including phenoxy) is 1. The maximum absolute atomic E-state index is 13.0. The van der Waals surface area contributed by atoms with E-state index in [1.807, 2.05) is 6.08 Å². The van der Waals surface area contributed by atoms with Gasteiger partial charge < -0.3 is 20.5 Å². The van der Waals surface area contributed by atoms with E-state index in [1.165, 1.54) is 4.90 Å². The number of hydrogen-bond donors (Lipinski definition) is 2. The van der Waals surface area contributed by atoms with E-state index in [-0.39, 0.29) is 12.5 Å². The standard InChI is InChI=1S/C17H26N2O5/c1-17(2,3)24-16(23)10-6-4-5-7-12-11(18)8-9-13(15(21)22)19(12)14(10)20/h4-5,10-13H,6-9,18H2,1-3H3,(H,21,22). The van der Waals surface area contributed by atoms with Crippen LogP contribution in [0, 0.1) is 5.92 Å². The SMILES string of the molecule is CC(C)(C)OC(=O)C1CC=CCC2C(N)CCC(C(=O)O)N2C1=O. The van der Waals surface area contributed by atoms with Gasteiger partial charge in [-0.15, -0.1) is 0 Å². The van der Waals surface area contributed by atoms with Gasteiger partial charge in [0, 0.05) is 6.04 Å². The number of rotatable bonds is 2. The quantitative estimate of drug-likeness (QED) is 0.443. The first-order valence-corrected chi connectivity index (χ1v) is 8.30. The van der Waals surface area contributed by atoms with E-state index >= 15 is 0 Å². The van der Waals surface area contributed by atoms with Crippen molar-refractivity contribution < 1.29 is 24.2 Å². The summed E-state index contributed by atoms with van der Waals surface area (Å²) in [6.07, 6.45) is 5.18. The average molecular weight is 338 g/mol. The molecule has 4 atom stereocenters. The number of nitrogens with two attached hydrogens (primary N) is 1. The molecule has 0 radical (unpaired) electrons. The van der Waals surface area contributed by atoms with Crippen LogP contribution < -0.4 is 5.73 Å². The van der Waals surface area contributed by atoms with Gasteiger partial charge in [-0.05, 0) is 46.5 Å². The molecular formula is C17H26N2O5. The molecule has 3 N–H and O–H groups in total. The highest BCUT2D eigenvalue weighted by molar-refractivity contribution is 6.00. The summed E-state index contributed by atoms with van der Waals surface area (Å²) >= 11 is 0. The second-order valence-corrected chi connectivity index (χ2v) is 7.44. The molecule has 134 valence electrons. The van der Waals surface area contributed by atoms with E-state index in [0.717, 1.165) is 0 Å². The largest absolute Gasteiger partial charge is 0.480 e. The molecule has 0 aromatic heterocycles. The molecule has 2 heterocycles. The summed E-state index contributed by atoms with van der Waals surface area (Å²) in [4.78, 5) is 38.3. The van der Waals surface area contributed by atoms with Crippen molar-refractivity contribution in [1.29, 1.82) is 0 Å². The third-order valence-corrected chi connectivity index (χ3v) is 4.41. The smallest absolute Gasteiger partial charge is 0.326 e. The van der Waals surface area contributed by atoms with Gasteiger partial charge in [0.25, 0.3) is 0 Å². The number of esters is 1. The van der Waals surface area contributed by atoms with Crippen molar-refractivity contribution in [3.63, 3.8) is 0 Å². The summed E-state index contributed by atoms with van der Waals surface area (Å²) in [5.74, 6) is -3.22. The Bertz CT molecular complexity index is 552. The van der Waals surface area contributed by atoms with Crippen LogP contribution in [0.1, 0.15) is 46.5 Å². The first kappa shape index (κ1) is 18.4. The number of piperidine rings is 1. The van der Waals surface area contributed by atoms with Crippen LogP contribution in [-0.2, 0) is 19.1 Å². The monoisotopic (exact) mass is 338 g/mol. The van der Waals surface area contributed by atoms with E-state index in [4.69, 9.17) is 10.5 Å². The van der Waals surface area contributed by atoms with Crippen LogP contribution in [0.25, 0.3) is 0 Å². The summed E-state index contributed by atoms with van der Waals surface area (Å²) < 4.78 is 5.35. The predicted octanol–water partition coefficient (Wildman–Crippen LogP) is 1.07. The Morgan fingerprint density at radius 2 is 1.88 bits per heavy atom. The number of carboxylic acid groups (broad SMARTS) is 1. The van der Waals surface area contributed by atoms with Gasteiger partial charge >= 0.3 is 11.9 Å². The first-order valence-electron chi connectivity index (χ1n) is 8.30. The summed E-state index contributed by atoms with van der Waals surface area (Å²) in [5.41, 5.74) is 5.41. The second-order valence-electron chi connectivity index (χ2n) is 7.44. The van der Waals surface area contributed by atoms with Crippen molar-refractivity contribution in [3.05, 3.63) is 12.2 Å². The fraction of sp³-hybridized carbons (Fsp3) is 0.706. The molecule has 7 nitrogen and oxygen atoms in total. The molecule has 7 heteroatoms. The van der Waals surface area contributed by atoms with Gasteiger partial charge in [-0.3, -0.25) is 9.59 Å². The first-order chi connectivity index (χ1) is 11.1. The Hall–Kier alpha value is -1.89. The van der Waals surface area contributed by atoms with Crippen molar-refractivity contribution >= 4 is 17.8 Å². The lowest BCUT2D eigenvalue weighted by molar-refractivity contribution is -0.170. The van der Waals surface area contributed by atoms with Crippen LogP contribution in [0.2, 0.25) is 0 Å². The molecular weight excluding hydrogens is 312 g/mol. The summed E-state index contributed by atoms with van der Waals surface area (Å²) in [5, 5.41) is 9.49. The molecule has 2 aliphatic rings. The average Bonchev–Trinajstić information content (AvgIpc) is 2.43. The van der Waals surface area contributed by atoms with Gasteiger partial charge in [0.05, 0.1) is 6.04 Å². The molecule has 0 spiro atoms. The molecule has 1 amide bonds. The molecule has 0 saturated carbocycles. The van der Waals surface area contributed by atoms with Crippen molar-refractivity contribution in [2.45, 2.75) is 70.2 Å². The minimum atomic E-state index is -1.06. The van der Waals surface area contributed by atoms with Crippen LogP contribution in [0.15, 0.2) is 12.2 Å². The van der Waals surface area contributed by atoms with E-state index in [0.29, 0.717) is 19.3 Å². The van der Waals surface area contributed by atoms with E-state index in [9.17, 15) is 19.5 Å². The molecule has 24 heavy (non-hydrogen) atoms. The minimum absolute atomic E-state index is 0.207. The highest BCUT2D eigenvalue weighted by Crippen LogP contribution is 2.30. The third kappa shape index (κ3) is 3.95. The Morgan fingerprint density at radius 3 is 2.46 bits per heavy atom. The lowest BCUT2D eigenvalue weighted by Gasteiger charge is -2.45. The van der Waals surface area contributed by atoms with Gasteiger partial charge in [-0.25, -0.2) is 4.79 Å². The zero-order valence-electron chi connectivity index (χ0n) is 14.4. The van der Waals surface area contributed by atoms with Crippen LogP contribution in [0.4, 0.5) is 0 Å². The van der Waals surface area contributed by atoms with Crippen LogP contribution in [-0.4, -0.2) is 51.6 Å². The summed E-state index contributed by atoms with van der Waals surface area (Å²) in [6.45, 7) is 5.19. The Kier molecular flexibility index (Phi) is 5.32. The van der Waals surface area contributed by atoms with Crippen LogP contribution >= 0.6 is 0 Å². The topological polar surface area (TPSA) is 110 Å². The normalized spacial score (nSPS) is 31.0. The molecule has 0 aliphatic carbocycles. The van der Waals surface area contributed by atoms with Gasteiger partial charge in [-0.2, -0.15) is 0 Å². The minimum Gasteiger partial charge on any atom is -0.480 e. The number of allylic oxidation sites excluding steroid dienone is 1. The van der Waals surface area contributed by atoms with E-state index in [2.05, 4.69) is 0 Å². The number of amides is 1. The van der Waals surface area contributed by atoms with Gasteiger partial charge in [0.15, 0.2) is 0 Å². The molecule has 1 fully saturated rings. The molecule has 2 aliphatic heterocycles. The molecule has 1 saturated heterocycles. The highest BCUT2D eigenvalue weighted by Gasteiger charge is 2.46. The van der Waals surface area contributed by atoms with Crippen molar-refractivity contribution in [2.75, 3.05) is 0 Å². The molecule has 0 aromatic rings. The summed E-state index contributed by atoms with van der Waals surface area (Å²) in [6, 6.07) is -1.65. The fourth-order valence-corrected chi connectivity index (χ4v) is 3.29. The number of aliphatic carboxylic acids is 1. The number of fused-ring (bicyclic) bond motifs is 1. The van der Waals surface area contributed by atoms with Crippen molar-refractivity contribution in [2.24, 2.45) is 11.7 Å². The molecule has 2 rings (SSSR count). The zero-order chi connectivity index (χ0) is 18.1. The molecule has 4 unspecified atom stereocenters. The molecule has 0 aromatic carbocycles. The van der Waals surface area contributed by atoms with Gasteiger partial charge in [0.2, 0.25) is 5.91 Å². The van der Waals surface area contributed by atoms with E-state index in [1.54, 1.807) is 26.8 Å². The van der Waals surface area contributed by atoms with Crippen LogP contribution in [0.3, 0.4) is 0 Å². The Balaban J connectivity index is 2.34. The Labute approximate surface area is 141 Å². The number of carboxylic acids is 1. The number of hydrogen-bond acceptors (Lipinski definition) is 5. The summed E-state index contributed by atoms with van der Waals surface area (Å²) in [7, 11) is 0. The number of carbonyl (C=O) groups excluding carboxylic acids is 2. The van der Waals surface area contributed by atoms with E-state index < -0.39 is 41.4 Å². The maximum atomic E-state index is 13.0. The fourth-order valence-electron chi connectivity index (χ4n) is 3.29. The Morgan fingerprint density at radius 1 is 1.25 bits per heavy atom. The van der Waals surface area contributed by atoms with Gasteiger partial charge in [0.1, 0.15) is 17.6 Å². The molecule has 0 bridgehead atoms. The zero-order valence-corrected chi connectivity index (χ0v) is 14.4. The lowest BCUT2D eigenvalue weighted by atomic mass is 9.86. The number of nitrogens with zero attached hydrogens (tertiary/aromatic N) is 1. The second kappa shape index (κ2) is 6.93.